The molecule has 1 fully saturated rings. The van der Waals surface area contributed by atoms with Crippen LogP contribution in [-0.2, 0) is 19.5 Å². The van der Waals surface area contributed by atoms with Crippen molar-refractivity contribution in [1.82, 2.24) is 4.31 Å². The molecule has 25 heavy (non-hydrogen) atoms. The van der Waals surface area contributed by atoms with Crippen molar-refractivity contribution in [2.45, 2.75) is 31.4 Å². The average Bonchev–Trinajstić information content (AvgIpc) is 2.90. The second-order valence-electron chi connectivity index (χ2n) is 6.47. The molecule has 0 bridgehead atoms. The first-order valence-corrected chi connectivity index (χ1v) is 10.2. The van der Waals surface area contributed by atoms with E-state index in [-0.39, 0.29) is 32.0 Å². The van der Waals surface area contributed by atoms with Gasteiger partial charge in [-0.15, -0.1) is 11.3 Å². The van der Waals surface area contributed by atoms with E-state index in [0.29, 0.717) is 13.1 Å². The summed E-state index contributed by atoms with van der Waals surface area (Å²) >= 11 is 0.761. The molecule has 0 saturated carbocycles. The Hall–Kier alpha value is -1.45. The fraction of sp³-hybridized carbons (Fsp3) is 0.625. The maximum absolute atomic E-state index is 13.2. The van der Waals surface area contributed by atoms with Gasteiger partial charge in [-0.2, -0.15) is 4.31 Å². The van der Waals surface area contributed by atoms with Gasteiger partial charge >= 0.3 is 11.9 Å². The number of esters is 2. The van der Waals surface area contributed by atoms with Gasteiger partial charge < -0.3 is 9.47 Å². The van der Waals surface area contributed by atoms with Crippen LogP contribution in [0, 0.1) is 18.8 Å². The predicted octanol–water partition coefficient (Wildman–Crippen LogP) is 2.30. The van der Waals surface area contributed by atoms with Crippen LogP contribution >= 0.6 is 11.3 Å². The monoisotopic (exact) mass is 389 g/mol. The van der Waals surface area contributed by atoms with Crippen molar-refractivity contribution in [3.05, 3.63) is 16.0 Å². The molecule has 1 saturated heterocycles. The minimum absolute atomic E-state index is 0.0845. The van der Waals surface area contributed by atoms with Gasteiger partial charge in [-0.25, -0.2) is 18.0 Å². The molecule has 0 radical (unpaired) electrons. The lowest BCUT2D eigenvalue weighted by Crippen LogP contribution is -2.42. The molecule has 2 atom stereocenters. The van der Waals surface area contributed by atoms with E-state index in [2.05, 4.69) is 0 Å². The summed E-state index contributed by atoms with van der Waals surface area (Å²) < 4.78 is 37.0. The molecule has 7 nitrogen and oxygen atoms in total. The van der Waals surface area contributed by atoms with Crippen molar-refractivity contribution < 1.29 is 27.5 Å². The molecule has 9 heteroatoms. The first kappa shape index (κ1) is 19.9. The summed E-state index contributed by atoms with van der Waals surface area (Å²) in [6.45, 7) is 6.29. The summed E-state index contributed by atoms with van der Waals surface area (Å²) in [5, 5.41) is 0. The fourth-order valence-electron chi connectivity index (χ4n) is 3.21. The minimum atomic E-state index is -3.91. The van der Waals surface area contributed by atoms with E-state index in [4.69, 9.17) is 9.47 Å². The number of piperidine rings is 1. The number of carbonyl (C=O) groups excluding carboxylic acids is 2. The second-order valence-corrected chi connectivity index (χ2v) is 9.62. The van der Waals surface area contributed by atoms with E-state index in [1.807, 2.05) is 13.8 Å². The van der Waals surface area contributed by atoms with Crippen LogP contribution in [0.15, 0.2) is 4.21 Å². The van der Waals surface area contributed by atoms with Crippen molar-refractivity contribution in [1.29, 1.82) is 0 Å². The number of hydrogen-bond donors (Lipinski definition) is 0. The quantitative estimate of drug-likeness (QED) is 0.734. The molecule has 2 rings (SSSR count). The van der Waals surface area contributed by atoms with E-state index in [0.717, 1.165) is 17.8 Å². The Morgan fingerprint density at radius 1 is 1.08 bits per heavy atom. The molecule has 1 aliphatic heterocycles. The Morgan fingerprint density at radius 3 is 2.08 bits per heavy atom. The summed E-state index contributed by atoms with van der Waals surface area (Å²) in [5.74, 6) is -1.00. The van der Waals surface area contributed by atoms with Crippen molar-refractivity contribution >= 4 is 33.3 Å². The highest BCUT2D eigenvalue weighted by Gasteiger charge is 2.38. The van der Waals surface area contributed by atoms with Crippen LogP contribution < -0.4 is 0 Å². The zero-order valence-electron chi connectivity index (χ0n) is 15.0. The first-order chi connectivity index (χ1) is 11.6. The maximum Gasteiger partial charge on any atom is 0.348 e. The van der Waals surface area contributed by atoms with Crippen LogP contribution in [-0.4, -0.2) is 52.0 Å². The molecule has 0 spiro atoms. The number of methoxy groups -OCH3 is 2. The molecule has 0 N–H and O–H groups in total. The van der Waals surface area contributed by atoms with E-state index < -0.39 is 22.0 Å². The van der Waals surface area contributed by atoms with Gasteiger partial charge in [0.15, 0.2) is 4.21 Å². The van der Waals surface area contributed by atoms with E-state index in [1.54, 1.807) is 0 Å². The largest absolute Gasteiger partial charge is 0.465 e. The van der Waals surface area contributed by atoms with Gasteiger partial charge in [0.2, 0.25) is 0 Å². The van der Waals surface area contributed by atoms with Crippen LogP contribution in [0.1, 0.15) is 45.9 Å². The van der Waals surface area contributed by atoms with Gasteiger partial charge in [0.1, 0.15) is 4.88 Å². The Labute approximate surface area is 152 Å². The van der Waals surface area contributed by atoms with Gasteiger partial charge in [0.05, 0.1) is 19.8 Å². The Morgan fingerprint density at radius 2 is 1.60 bits per heavy atom. The molecule has 140 valence electrons. The lowest BCUT2D eigenvalue weighted by Gasteiger charge is -2.33. The maximum atomic E-state index is 13.2. The molecule has 1 aromatic rings. The summed E-state index contributed by atoms with van der Waals surface area (Å²) in [6, 6.07) is 0. The fourth-order valence-corrected chi connectivity index (χ4v) is 6.78. The lowest BCUT2D eigenvalue weighted by molar-refractivity contribution is 0.0596. The third-order valence-electron chi connectivity index (χ3n) is 4.28. The number of ether oxygens (including phenoxy) is 2. The number of carbonyl (C=O) groups is 2. The third-order valence-corrected chi connectivity index (χ3v) is 7.88. The molecule has 1 aliphatic rings. The van der Waals surface area contributed by atoms with Gasteiger partial charge in [0.25, 0.3) is 10.0 Å². The van der Waals surface area contributed by atoms with Crippen molar-refractivity contribution in [2.75, 3.05) is 27.3 Å². The molecule has 1 aromatic heterocycles. The van der Waals surface area contributed by atoms with Gasteiger partial charge in [0, 0.05) is 13.1 Å². The van der Waals surface area contributed by atoms with Crippen molar-refractivity contribution in [3.8, 4) is 0 Å². The normalized spacial score (nSPS) is 21.8. The number of sulfonamides is 1. The number of hydrogen-bond acceptors (Lipinski definition) is 7. The first-order valence-electron chi connectivity index (χ1n) is 7.93. The minimum Gasteiger partial charge on any atom is -0.465 e. The van der Waals surface area contributed by atoms with E-state index in [1.165, 1.54) is 25.4 Å². The summed E-state index contributed by atoms with van der Waals surface area (Å²) in [5.41, 5.74) is 0.180. The summed E-state index contributed by atoms with van der Waals surface area (Å²) in [7, 11) is -1.52. The van der Waals surface area contributed by atoms with Crippen molar-refractivity contribution in [2.24, 2.45) is 11.8 Å². The number of thiophene rings is 1. The summed E-state index contributed by atoms with van der Waals surface area (Å²) in [6.07, 6.45) is 0.951. The highest BCUT2D eigenvalue weighted by molar-refractivity contribution is 7.91. The molecular weight excluding hydrogens is 366 g/mol. The topological polar surface area (TPSA) is 90.0 Å². The molecule has 0 unspecified atom stereocenters. The molecular formula is C16H23NO6S2. The zero-order chi connectivity index (χ0) is 18.9. The molecule has 0 aromatic carbocycles. The smallest absolute Gasteiger partial charge is 0.348 e. The SMILES string of the molecule is COC(=O)c1sc(S(=O)(=O)N2C[C@H](C)C[C@@H](C)C2)c(C(=O)OC)c1C. The van der Waals surface area contributed by atoms with Crippen LogP contribution in [0.3, 0.4) is 0 Å². The van der Waals surface area contributed by atoms with E-state index in [9.17, 15) is 18.0 Å². The second kappa shape index (κ2) is 7.43. The highest BCUT2D eigenvalue weighted by atomic mass is 32.2. The summed E-state index contributed by atoms with van der Waals surface area (Å²) in [4.78, 5) is 24.2. The number of rotatable bonds is 4. The predicted molar refractivity (Wildman–Crippen MR) is 93.4 cm³/mol. The van der Waals surface area contributed by atoms with Gasteiger partial charge in [-0.05, 0) is 30.7 Å². The molecule has 0 amide bonds. The van der Waals surface area contributed by atoms with Crippen LogP contribution in [0.5, 0.6) is 0 Å². The highest BCUT2D eigenvalue weighted by Crippen LogP contribution is 2.36. The molecule has 0 aliphatic carbocycles. The third kappa shape index (κ3) is 3.73. The van der Waals surface area contributed by atoms with Gasteiger partial charge in [-0.1, -0.05) is 13.8 Å². The Kier molecular flexibility index (Phi) is 5.90. The van der Waals surface area contributed by atoms with Gasteiger partial charge in [-0.3, -0.25) is 0 Å². The van der Waals surface area contributed by atoms with E-state index >= 15 is 0 Å². The van der Waals surface area contributed by atoms with Crippen LogP contribution in [0.4, 0.5) is 0 Å². The van der Waals surface area contributed by atoms with Crippen LogP contribution in [0.2, 0.25) is 0 Å². The number of nitrogens with zero attached hydrogens (tertiary/aromatic N) is 1. The van der Waals surface area contributed by atoms with Crippen molar-refractivity contribution in [3.63, 3.8) is 0 Å². The van der Waals surface area contributed by atoms with Crippen LogP contribution in [0.25, 0.3) is 0 Å². The average molecular weight is 389 g/mol. The Bertz CT molecular complexity index is 773. The zero-order valence-corrected chi connectivity index (χ0v) is 16.6. The standard InChI is InChI=1S/C16H23NO6S2/c1-9-6-10(2)8-17(7-9)25(20,21)16-12(14(18)22-4)11(3)13(24-16)15(19)23-5/h9-10H,6-8H2,1-5H3/t9-,10-/m1/s1. The molecule has 2 heterocycles. The lowest BCUT2D eigenvalue weighted by atomic mass is 9.94. The Balaban J connectivity index is 2.59.